The minimum Gasteiger partial charge on any atom is -0.467 e. The van der Waals surface area contributed by atoms with Gasteiger partial charge in [0.15, 0.2) is 0 Å². The van der Waals surface area contributed by atoms with Crippen molar-refractivity contribution in [2.45, 2.75) is 38.6 Å². The Morgan fingerprint density at radius 3 is 2.86 bits per heavy atom. The number of carbonyl (C=O) groups excluding carboxylic acids is 1. The van der Waals surface area contributed by atoms with Gasteiger partial charge in [-0.25, -0.2) is 4.79 Å². The quantitative estimate of drug-likeness (QED) is 0.763. The lowest BCUT2D eigenvalue weighted by Crippen LogP contribution is -2.40. The highest BCUT2D eigenvalue weighted by molar-refractivity contribution is 9.10. The number of halogens is 2. The van der Waals surface area contributed by atoms with Crippen LogP contribution in [0, 0.1) is 11.8 Å². The summed E-state index contributed by atoms with van der Waals surface area (Å²) in [5.74, 6) is 0.783. The molecule has 3 atom stereocenters. The van der Waals surface area contributed by atoms with Gasteiger partial charge in [-0.3, -0.25) is 0 Å². The molecule has 21 heavy (non-hydrogen) atoms. The summed E-state index contributed by atoms with van der Waals surface area (Å²) >= 11 is 9.42. The van der Waals surface area contributed by atoms with E-state index in [1.54, 1.807) is 0 Å². The molecule has 2 rings (SSSR count). The lowest BCUT2D eigenvalue weighted by Gasteiger charge is -2.32. The van der Waals surface area contributed by atoms with Gasteiger partial charge in [0.05, 0.1) is 12.1 Å². The second-order valence-electron chi connectivity index (χ2n) is 5.81. The molecule has 0 heterocycles. The third kappa shape index (κ3) is 4.36. The van der Waals surface area contributed by atoms with Gasteiger partial charge in [0.1, 0.15) is 6.04 Å². The molecule has 0 aromatic heterocycles. The number of nitrogens with one attached hydrogen (secondary N) is 1. The topological polar surface area (TPSA) is 38.3 Å². The number of hydrogen-bond donors (Lipinski definition) is 1. The number of benzene rings is 1. The van der Waals surface area contributed by atoms with E-state index in [-0.39, 0.29) is 12.0 Å². The van der Waals surface area contributed by atoms with Crippen LogP contribution in [0.2, 0.25) is 5.02 Å². The summed E-state index contributed by atoms with van der Waals surface area (Å²) in [4.78, 5) is 12.2. The molecule has 0 spiro atoms. The molecule has 1 fully saturated rings. The molecule has 1 aliphatic carbocycles. The highest BCUT2D eigenvalue weighted by Gasteiger charge is 2.32. The van der Waals surface area contributed by atoms with E-state index < -0.39 is 0 Å². The van der Waals surface area contributed by atoms with E-state index in [1.807, 2.05) is 18.2 Å². The Kier molecular flexibility index (Phi) is 5.94. The number of ether oxygens (including phenoxy) is 1. The minimum absolute atomic E-state index is 0.194. The van der Waals surface area contributed by atoms with Crippen LogP contribution < -0.4 is 5.32 Å². The number of hydrogen-bond acceptors (Lipinski definition) is 3. The zero-order valence-electron chi connectivity index (χ0n) is 12.4. The van der Waals surface area contributed by atoms with Crippen molar-refractivity contribution in [1.29, 1.82) is 0 Å². The van der Waals surface area contributed by atoms with Crippen LogP contribution in [0.1, 0.15) is 32.6 Å². The van der Waals surface area contributed by atoms with Crippen molar-refractivity contribution in [2.24, 2.45) is 11.8 Å². The van der Waals surface area contributed by atoms with Gasteiger partial charge in [0, 0.05) is 10.2 Å². The molecule has 3 unspecified atom stereocenters. The van der Waals surface area contributed by atoms with Crippen molar-refractivity contribution in [3.63, 3.8) is 0 Å². The predicted molar refractivity (Wildman–Crippen MR) is 89.7 cm³/mol. The summed E-state index contributed by atoms with van der Waals surface area (Å²) in [6, 6.07) is 5.29. The van der Waals surface area contributed by atoms with Crippen molar-refractivity contribution in [3.8, 4) is 0 Å². The van der Waals surface area contributed by atoms with Gasteiger partial charge in [0.2, 0.25) is 0 Å². The molecular weight excluding hydrogens is 354 g/mol. The van der Waals surface area contributed by atoms with E-state index in [2.05, 4.69) is 28.2 Å². The molecule has 3 nitrogen and oxygen atoms in total. The maximum atomic E-state index is 12.2. The fourth-order valence-electron chi connectivity index (χ4n) is 3.05. The predicted octanol–water partition coefficient (Wildman–Crippen LogP) is 4.88. The maximum absolute atomic E-state index is 12.2. The van der Waals surface area contributed by atoms with Crippen LogP contribution in [0.5, 0.6) is 0 Å². The Morgan fingerprint density at radius 1 is 1.48 bits per heavy atom. The Hall–Kier alpha value is -0.740. The van der Waals surface area contributed by atoms with Gasteiger partial charge in [-0.05, 0) is 58.8 Å². The van der Waals surface area contributed by atoms with E-state index >= 15 is 0 Å². The third-order valence-electron chi connectivity index (χ3n) is 4.15. The Balaban J connectivity index is 2.15. The SMILES string of the molecule is COC(=O)C(Nc1ccc(Cl)c(Br)c1)C1CCCC(C)C1. The monoisotopic (exact) mass is 373 g/mol. The van der Waals surface area contributed by atoms with Gasteiger partial charge in [0.25, 0.3) is 0 Å². The normalized spacial score (nSPS) is 23.4. The summed E-state index contributed by atoms with van der Waals surface area (Å²) in [5, 5.41) is 3.98. The molecule has 0 bridgehead atoms. The fraction of sp³-hybridized carbons (Fsp3) is 0.562. The minimum atomic E-state index is -0.300. The molecule has 1 aromatic carbocycles. The van der Waals surface area contributed by atoms with Crippen molar-refractivity contribution >= 4 is 39.2 Å². The molecule has 1 saturated carbocycles. The molecule has 1 aromatic rings. The van der Waals surface area contributed by atoms with Crippen molar-refractivity contribution in [2.75, 3.05) is 12.4 Å². The van der Waals surface area contributed by atoms with E-state index in [0.29, 0.717) is 16.9 Å². The van der Waals surface area contributed by atoms with E-state index in [0.717, 1.165) is 23.0 Å². The number of anilines is 1. The fourth-order valence-corrected chi connectivity index (χ4v) is 3.54. The molecule has 0 aliphatic heterocycles. The second kappa shape index (κ2) is 7.50. The molecule has 1 aliphatic rings. The van der Waals surface area contributed by atoms with E-state index in [4.69, 9.17) is 16.3 Å². The molecule has 0 saturated heterocycles. The zero-order chi connectivity index (χ0) is 15.4. The summed E-state index contributed by atoms with van der Waals surface area (Å²) in [7, 11) is 1.45. The van der Waals surface area contributed by atoms with Crippen LogP contribution in [0.3, 0.4) is 0 Å². The van der Waals surface area contributed by atoms with Gasteiger partial charge in [-0.15, -0.1) is 0 Å². The summed E-state index contributed by atoms with van der Waals surface area (Å²) < 4.78 is 5.80. The standard InChI is InChI=1S/C16H21BrClNO2/c1-10-4-3-5-11(8-10)15(16(20)21-2)19-12-6-7-14(18)13(17)9-12/h6-7,9-11,15,19H,3-5,8H2,1-2H3. The van der Waals surface area contributed by atoms with Gasteiger partial charge >= 0.3 is 5.97 Å². The molecular formula is C16H21BrClNO2. The average molecular weight is 375 g/mol. The first kappa shape index (κ1) is 16.6. The average Bonchev–Trinajstić information content (AvgIpc) is 2.47. The first-order valence-electron chi connectivity index (χ1n) is 7.30. The Morgan fingerprint density at radius 2 is 2.24 bits per heavy atom. The summed E-state index contributed by atoms with van der Waals surface area (Å²) in [6.07, 6.45) is 4.54. The molecule has 5 heteroatoms. The summed E-state index contributed by atoms with van der Waals surface area (Å²) in [6.45, 7) is 2.25. The summed E-state index contributed by atoms with van der Waals surface area (Å²) in [5.41, 5.74) is 0.875. The smallest absolute Gasteiger partial charge is 0.328 e. The van der Waals surface area contributed by atoms with Crippen LogP contribution in [0.25, 0.3) is 0 Å². The highest BCUT2D eigenvalue weighted by atomic mass is 79.9. The van der Waals surface area contributed by atoms with Crippen molar-refractivity contribution in [3.05, 3.63) is 27.7 Å². The number of rotatable bonds is 4. The van der Waals surface area contributed by atoms with E-state index in [1.165, 1.54) is 20.0 Å². The second-order valence-corrected chi connectivity index (χ2v) is 7.07. The van der Waals surface area contributed by atoms with Crippen molar-refractivity contribution < 1.29 is 9.53 Å². The number of esters is 1. The van der Waals surface area contributed by atoms with Crippen LogP contribution in [-0.4, -0.2) is 19.1 Å². The van der Waals surface area contributed by atoms with Crippen LogP contribution in [0.4, 0.5) is 5.69 Å². The first-order valence-corrected chi connectivity index (χ1v) is 8.47. The zero-order valence-corrected chi connectivity index (χ0v) is 14.7. The molecule has 0 amide bonds. The highest BCUT2D eigenvalue weighted by Crippen LogP contribution is 2.33. The molecule has 1 N–H and O–H groups in total. The molecule has 0 radical (unpaired) electrons. The van der Waals surface area contributed by atoms with Crippen LogP contribution in [0.15, 0.2) is 22.7 Å². The maximum Gasteiger partial charge on any atom is 0.328 e. The Labute approximate surface area is 139 Å². The van der Waals surface area contributed by atoms with Crippen molar-refractivity contribution in [1.82, 2.24) is 0 Å². The Bertz CT molecular complexity index is 509. The van der Waals surface area contributed by atoms with Gasteiger partial charge in [-0.1, -0.05) is 31.4 Å². The lowest BCUT2D eigenvalue weighted by atomic mass is 9.78. The largest absolute Gasteiger partial charge is 0.467 e. The van der Waals surface area contributed by atoms with Gasteiger partial charge in [-0.2, -0.15) is 0 Å². The molecule has 116 valence electrons. The van der Waals surface area contributed by atoms with Crippen LogP contribution in [-0.2, 0) is 9.53 Å². The lowest BCUT2D eigenvalue weighted by molar-refractivity contribution is -0.143. The van der Waals surface area contributed by atoms with Crippen LogP contribution >= 0.6 is 27.5 Å². The number of carbonyl (C=O) groups is 1. The first-order chi connectivity index (χ1) is 10.0. The number of methoxy groups -OCH3 is 1. The van der Waals surface area contributed by atoms with E-state index in [9.17, 15) is 4.79 Å². The van der Waals surface area contributed by atoms with Gasteiger partial charge < -0.3 is 10.1 Å². The third-order valence-corrected chi connectivity index (χ3v) is 5.36.